The zero-order valence-corrected chi connectivity index (χ0v) is 14.2. The number of aliphatic hydroxyl groups is 1. The van der Waals surface area contributed by atoms with Gasteiger partial charge in [-0.15, -0.1) is 0 Å². The monoisotopic (exact) mass is 340 g/mol. The molecule has 3 rings (SSSR count). The second-order valence-electron chi connectivity index (χ2n) is 5.49. The molecule has 0 saturated heterocycles. The molecule has 0 saturated carbocycles. The van der Waals surface area contributed by atoms with Crippen molar-refractivity contribution < 1.29 is 9.90 Å². The summed E-state index contributed by atoms with van der Waals surface area (Å²) >= 11 is 1.73. The summed E-state index contributed by atoms with van der Waals surface area (Å²) in [6.07, 6.45) is 2.51. The van der Waals surface area contributed by atoms with Gasteiger partial charge in [0.05, 0.1) is 11.1 Å². The zero-order valence-electron chi connectivity index (χ0n) is 13.4. The maximum atomic E-state index is 12.6. The van der Waals surface area contributed by atoms with Crippen LogP contribution in [0.2, 0.25) is 0 Å². The fourth-order valence-corrected chi connectivity index (χ4v) is 3.49. The largest absolute Gasteiger partial charge is 0.396 e. The van der Waals surface area contributed by atoms with Crippen molar-refractivity contribution in [2.75, 3.05) is 24.7 Å². The minimum absolute atomic E-state index is 0.0905. The molecule has 0 radical (unpaired) electrons. The predicted molar refractivity (Wildman–Crippen MR) is 101 cm³/mol. The molecule has 1 aromatic heterocycles. The Morgan fingerprint density at radius 3 is 2.83 bits per heavy atom. The molecule has 1 amide bonds. The SMILES string of the molecule is O=C(NCCSCCCO)c1cc2ccccc2c2cccnc12. The van der Waals surface area contributed by atoms with Gasteiger partial charge in [0.1, 0.15) is 0 Å². The van der Waals surface area contributed by atoms with E-state index in [1.165, 1.54) is 0 Å². The number of carbonyl (C=O) groups excluding carboxylic acids is 1. The van der Waals surface area contributed by atoms with Crippen LogP contribution in [0.15, 0.2) is 48.7 Å². The first kappa shape index (κ1) is 16.7. The fraction of sp³-hybridized carbons (Fsp3) is 0.263. The van der Waals surface area contributed by atoms with Gasteiger partial charge in [0.25, 0.3) is 5.91 Å². The number of fused-ring (bicyclic) bond motifs is 3. The number of rotatable bonds is 7. The van der Waals surface area contributed by atoms with E-state index in [0.717, 1.165) is 39.6 Å². The number of nitrogens with one attached hydrogen (secondary N) is 1. The first-order valence-corrected chi connectivity index (χ1v) is 9.20. The standard InChI is InChI=1S/C19H20N2O2S/c22-10-4-11-24-12-9-21-19(23)17-13-14-5-1-2-6-15(14)16-7-3-8-20-18(16)17/h1-3,5-8,13,22H,4,9-12H2,(H,21,23). The molecule has 0 unspecified atom stereocenters. The number of hydrogen-bond donors (Lipinski definition) is 2. The number of aliphatic hydroxyl groups excluding tert-OH is 1. The van der Waals surface area contributed by atoms with E-state index >= 15 is 0 Å². The smallest absolute Gasteiger partial charge is 0.253 e. The Hall–Kier alpha value is -2.11. The Bertz CT molecular complexity index is 851. The summed E-state index contributed by atoms with van der Waals surface area (Å²) in [6, 6.07) is 13.9. The molecule has 0 bridgehead atoms. The molecule has 0 aliphatic rings. The fourth-order valence-electron chi connectivity index (χ4n) is 2.70. The highest BCUT2D eigenvalue weighted by Gasteiger charge is 2.13. The average molecular weight is 340 g/mol. The Morgan fingerprint density at radius 1 is 1.12 bits per heavy atom. The molecule has 2 N–H and O–H groups in total. The summed E-state index contributed by atoms with van der Waals surface area (Å²) in [5, 5.41) is 14.9. The van der Waals surface area contributed by atoms with Gasteiger partial charge in [0, 0.05) is 30.5 Å². The van der Waals surface area contributed by atoms with E-state index < -0.39 is 0 Å². The number of aromatic nitrogens is 1. The summed E-state index contributed by atoms with van der Waals surface area (Å²) in [6.45, 7) is 0.824. The number of pyridine rings is 1. The summed E-state index contributed by atoms with van der Waals surface area (Å²) in [7, 11) is 0. The number of thioether (sulfide) groups is 1. The van der Waals surface area contributed by atoms with Crippen LogP contribution in [-0.2, 0) is 0 Å². The molecular formula is C19H20N2O2S. The van der Waals surface area contributed by atoms with Gasteiger partial charge in [-0.25, -0.2) is 0 Å². The van der Waals surface area contributed by atoms with Crippen LogP contribution in [0, 0.1) is 0 Å². The lowest BCUT2D eigenvalue weighted by Crippen LogP contribution is -2.26. The molecule has 4 nitrogen and oxygen atoms in total. The van der Waals surface area contributed by atoms with Crippen molar-refractivity contribution >= 4 is 39.3 Å². The molecule has 0 aliphatic carbocycles. The number of amides is 1. The molecule has 0 aliphatic heterocycles. The Kier molecular flexibility index (Phi) is 5.67. The highest BCUT2D eigenvalue weighted by Crippen LogP contribution is 2.27. The second-order valence-corrected chi connectivity index (χ2v) is 6.72. The van der Waals surface area contributed by atoms with Crippen molar-refractivity contribution in [1.29, 1.82) is 0 Å². The third-order valence-corrected chi connectivity index (χ3v) is 4.91. The van der Waals surface area contributed by atoms with Crippen molar-refractivity contribution in [2.24, 2.45) is 0 Å². The third-order valence-electron chi connectivity index (χ3n) is 3.84. The van der Waals surface area contributed by atoms with E-state index in [0.29, 0.717) is 12.1 Å². The normalized spacial score (nSPS) is 11.0. The van der Waals surface area contributed by atoms with E-state index in [4.69, 9.17) is 5.11 Å². The van der Waals surface area contributed by atoms with E-state index in [1.54, 1.807) is 18.0 Å². The van der Waals surface area contributed by atoms with E-state index in [-0.39, 0.29) is 12.5 Å². The molecule has 0 spiro atoms. The summed E-state index contributed by atoms with van der Waals surface area (Å²) in [4.78, 5) is 17.0. The number of hydrogen-bond acceptors (Lipinski definition) is 4. The average Bonchev–Trinajstić information content (AvgIpc) is 2.63. The van der Waals surface area contributed by atoms with Gasteiger partial charge in [0.2, 0.25) is 0 Å². The van der Waals surface area contributed by atoms with Crippen LogP contribution in [0.5, 0.6) is 0 Å². The van der Waals surface area contributed by atoms with Gasteiger partial charge in [-0.2, -0.15) is 11.8 Å². The molecule has 1 heterocycles. The first-order chi connectivity index (χ1) is 11.8. The Labute approximate surface area is 145 Å². The van der Waals surface area contributed by atoms with Crippen molar-refractivity contribution in [3.63, 3.8) is 0 Å². The molecule has 24 heavy (non-hydrogen) atoms. The number of benzene rings is 2. The van der Waals surface area contributed by atoms with Crippen LogP contribution in [0.4, 0.5) is 0 Å². The third kappa shape index (κ3) is 3.68. The van der Waals surface area contributed by atoms with Crippen molar-refractivity contribution in [3.05, 3.63) is 54.2 Å². The van der Waals surface area contributed by atoms with E-state index in [1.807, 2.05) is 36.4 Å². The first-order valence-electron chi connectivity index (χ1n) is 8.04. The van der Waals surface area contributed by atoms with Crippen molar-refractivity contribution in [2.45, 2.75) is 6.42 Å². The molecule has 0 atom stereocenters. The molecular weight excluding hydrogens is 320 g/mol. The number of nitrogens with zero attached hydrogens (tertiary/aromatic N) is 1. The van der Waals surface area contributed by atoms with Gasteiger partial charge >= 0.3 is 0 Å². The van der Waals surface area contributed by atoms with Gasteiger partial charge in [-0.3, -0.25) is 9.78 Å². The maximum absolute atomic E-state index is 12.6. The Morgan fingerprint density at radius 2 is 1.96 bits per heavy atom. The molecule has 124 valence electrons. The highest BCUT2D eigenvalue weighted by atomic mass is 32.2. The zero-order chi connectivity index (χ0) is 16.8. The van der Waals surface area contributed by atoms with Gasteiger partial charge in [-0.1, -0.05) is 30.3 Å². The van der Waals surface area contributed by atoms with Gasteiger partial charge < -0.3 is 10.4 Å². The van der Waals surface area contributed by atoms with Crippen LogP contribution in [0.1, 0.15) is 16.8 Å². The summed E-state index contributed by atoms with van der Waals surface area (Å²) in [5.41, 5.74) is 1.35. The predicted octanol–water partition coefficient (Wildman–Crippen LogP) is 3.23. The molecule has 3 aromatic rings. The lowest BCUT2D eigenvalue weighted by Gasteiger charge is -2.10. The van der Waals surface area contributed by atoms with Crippen LogP contribution in [0.3, 0.4) is 0 Å². The molecule has 0 fully saturated rings. The van der Waals surface area contributed by atoms with E-state index in [2.05, 4.69) is 16.4 Å². The minimum Gasteiger partial charge on any atom is -0.396 e. The van der Waals surface area contributed by atoms with Crippen LogP contribution in [-0.4, -0.2) is 40.7 Å². The lowest BCUT2D eigenvalue weighted by atomic mass is 10.0. The van der Waals surface area contributed by atoms with E-state index in [9.17, 15) is 4.79 Å². The maximum Gasteiger partial charge on any atom is 0.253 e. The topological polar surface area (TPSA) is 62.2 Å². The van der Waals surface area contributed by atoms with Crippen LogP contribution < -0.4 is 5.32 Å². The lowest BCUT2D eigenvalue weighted by molar-refractivity contribution is 0.0957. The van der Waals surface area contributed by atoms with Crippen molar-refractivity contribution in [1.82, 2.24) is 10.3 Å². The summed E-state index contributed by atoms with van der Waals surface area (Å²) in [5.74, 6) is 1.66. The molecule has 2 aromatic carbocycles. The molecule has 5 heteroatoms. The minimum atomic E-state index is -0.0905. The second kappa shape index (κ2) is 8.13. The van der Waals surface area contributed by atoms with Crippen LogP contribution >= 0.6 is 11.8 Å². The van der Waals surface area contributed by atoms with Gasteiger partial charge in [-0.05, 0) is 35.1 Å². The quantitative estimate of drug-likeness (QED) is 0.512. The number of carbonyl (C=O) groups is 1. The highest BCUT2D eigenvalue weighted by molar-refractivity contribution is 7.99. The summed E-state index contributed by atoms with van der Waals surface area (Å²) < 4.78 is 0. The van der Waals surface area contributed by atoms with Gasteiger partial charge in [0.15, 0.2) is 0 Å². The van der Waals surface area contributed by atoms with Crippen LogP contribution in [0.25, 0.3) is 21.7 Å². The Balaban J connectivity index is 1.81. The van der Waals surface area contributed by atoms with Crippen molar-refractivity contribution in [3.8, 4) is 0 Å².